The Balaban J connectivity index is 2.12. The number of carbonyl (C=O) groups excluding carboxylic acids is 4. The molecule has 0 aromatic heterocycles. The number of rotatable bonds is 10. The van der Waals surface area contributed by atoms with Crippen LogP contribution in [0.5, 0.6) is 0 Å². The normalized spacial score (nSPS) is 30.1. The SMILES string of the molecule is NC(=O)OC[C@H](O)[C@@H](O)[C@H](N)C(=O)N[C@H](C(=O)O)[C@H]1O[C@@H](N2CC(CO)C(=O)NC2=O)C(O)C1O. The summed E-state index contributed by atoms with van der Waals surface area (Å²) < 4.78 is 9.63. The van der Waals surface area contributed by atoms with Crippen LogP contribution >= 0.6 is 0 Å². The number of carboxylic acids is 1. The van der Waals surface area contributed by atoms with Gasteiger partial charge in [-0.15, -0.1) is 0 Å². The maximum absolute atomic E-state index is 12.4. The molecular weight excluding hydrogens is 482 g/mol. The molecule has 2 heterocycles. The fraction of sp³-hybridized carbons (Fsp3) is 0.706. The summed E-state index contributed by atoms with van der Waals surface area (Å²) in [6, 6.07) is -5.06. The molecule has 35 heavy (non-hydrogen) atoms. The third kappa shape index (κ3) is 6.31. The van der Waals surface area contributed by atoms with E-state index in [0.717, 1.165) is 4.90 Å². The third-order valence-corrected chi connectivity index (χ3v) is 5.44. The molecule has 12 N–H and O–H groups in total. The summed E-state index contributed by atoms with van der Waals surface area (Å²) in [5.74, 6) is -4.97. The number of nitrogens with two attached hydrogens (primary N) is 2. The van der Waals surface area contributed by atoms with Crippen LogP contribution < -0.4 is 22.1 Å². The molecule has 0 aromatic rings. The lowest BCUT2D eigenvalue weighted by atomic mass is 10.0. The van der Waals surface area contributed by atoms with Gasteiger partial charge in [0.1, 0.15) is 43.2 Å². The van der Waals surface area contributed by atoms with E-state index in [0.29, 0.717) is 0 Å². The molecule has 9 atom stereocenters. The molecule has 2 rings (SSSR count). The molecule has 2 fully saturated rings. The minimum absolute atomic E-state index is 0.422. The number of aliphatic hydroxyl groups is 5. The Morgan fingerprint density at radius 1 is 1.23 bits per heavy atom. The molecule has 0 bridgehead atoms. The van der Waals surface area contributed by atoms with Crippen LogP contribution in [0.1, 0.15) is 0 Å². The summed E-state index contributed by atoms with van der Waals surface area (Å²) in [7, 11) is 0. The smallest absolute Gasteiger partial charge is 0.404 e. The van der Waals surface area contributed by atoms with E-state index in [-0.39, 0.29) is 0 Å². The van der Waals surface area contributed by atoms with Gasteiger partial charge in [0, 0.05) is 6.54 Å². The highest BCUT2D eigenvalue weighted by molar-refractivity contribution is 5.98. The molecule has 0 spiro atoms. The van der Waals surface area contributed by atoms with Crippen molar-refractivity contribution in [3.8, 4) is 0 Å². The second-order valence-corrected chi connectivity index (χ2v) is 7.84. The van der Waals surface area contributed by atoms with E-state index in [9.17, 15) is 54.6 Å². The van der Waals surface area contributed by atoms with Crippen molar-refractivity contribution in [2.75, 3.05) is 19.8 Å². The molecule has 0 aliphatic carbocycles. The lowest BCUT2D eigenvalue weighted by Crippen LogP contribution is -2.61. The molecule has 198 valence electrons. The Morgan fingerprint density at radius 2 is 1.86 bits per heavy atom. The number of nitrogens with one attached hydrogen (secondary N) is 2. The first-order valence-electron chi connectivity index (χ1n) is 10.1. The molecule has 2 aliphatic rings. The highest BCUT2D eigenvalue weighted by Crippen LogP contribution is 2.28. The van der Waals surface area contributed by atoms with E-state index in [2.05, 4.69) is 4.74 Å². The maximum Gasteiger partial charge on any atom is 0.404 e. The van der Waals surface area contributed by atoms with Gasteiger partial charge in [0.25, 0.3) is 0 Å². The first-order chi connectivity index (χ1) is 16.3. The van der Waals surface area contributed by atoms with Crippen LogP contribution in [-0.4, -0.2) is 134 Å². The fourth-order valence-electron chi connectivity index (χ4n) is 3.46. The van der Waals surface area contributed by atoms with Gasteiger partial charge in [-0.1, -0.05) is 0 Å². The van der Waals surface area contributed by atoms with Crippen molar-refractivity contribution in [2.24, 2.45) is 17.4 Å². The number of urea groups is 1. The van der Waals surface area contributed by atoms with E-state index in [4.69, 9.17) is 16.2 Å². The summed E-state index contributed by atoms with van der Waals surface area (Å²) in [4.78, 5) is 59.4. The summed E-state index contributed by atoms with van der Waals surface area (Å²) in [6.45, 7) is -1.91. The van der Waals surface area contributed by atoms with E-state index >= 15 is 0 Å². The lowest BCUT2D eigenvalue weighted by molar-refractivity contribution is -0.151. The molecule has 3 unspecified atom stereocenters. The van der Waals surface area contributed by atoms with Crippen molar-refractivity contribution in [1.29, 1.82) is 0 Å². The Kier molecular flexibility index (Phi) is 9.26. The van der Waals surface area contributed by atoms with Crippen LogP contribution in [-0.2, 0) is 23.9 Å². The third-order valence-electron chi connectivity index (χ3n) is 5.44. The predicted molar refractivity (Wildman–Crippen MR) is 107 cm³/mol. The molecule has 5 amide bonds. The summed E-state index contributed by atoms with van der Waals surface area (Å²) in [5.41, 5.74) is 10.2. The van der Waals surface area contributed by atoms with Crippen molar-refractivity contribution in [1.82, 2.24) is 15.5 Å². The molecule has 0 saturated carbocycles. The molecule has 0 aromatic carbocycles. The van der Waals surface area contributed by atoms with Crippen molar-refractivity contribution in [3.05, 3.63) is 0 Å². The van der Waals surface area contributed by atoms with E-state index in [1.165, 1.54) is 0 Å². The summed E-state index contributed by atoms with van der Waals surface area (Å²) in [6.07, 6.45) is -12.5. The van der Waals surface area contributed by atoms with Crippen LogP contribution in [0.3, 0.4) is 0 Å². The number of carbonyl (C=O) groups is 5. The van der Waals surface area contributed by atoms with Crippen molar-refractivity contribution < 1.29 is 64.1 Å². The molecular formula is C17H27N5O13. The fourth-order valence-corrected chi connectivity index (χ4v) is 3.46. The zero-order valence-corrected chi connectivity index (χ0v) is 18.0. The van der Waals surface area contributed by atoms with Gasteiger partial charge in [0.05, 0.1) is 12.5 Å². The van der Waals surface area contributed by atoms with Crippen LogP contribution in [0.25, 0.3) is 0 Å². The first-order valence-corrected chi connectivity index (χ1v) is 10.1. The van der Waals surface area contributed by atoms with Crippen LogP contribution in [0, 0.1) is 5.92 Å². The maximum atomic E-state index is 12.4. The van der Waals surface area contributed by atoms with E-state index < -0.39 is 104 Å². The number of hydrogen-bond donors (Lipinski definition) is 10. The van der Waals surface area contributed by atoms with E-state index in [1.54, 1.807) is 0 Å². The molecule has 18 nitrogen and oxygen atoms in total. The van der Waals surface area contributed by atoms with Crippen molar-refractivity contribution in [3.63, 3.8) is 0 Å². The number of carboxylic acid groups (broad SMARTS) is 1. The molecule has 2 saturated heterocycles. The number of ether oxygens (including phenoxy) is 2. The number of primary amides is 1. The monoisotopic (exact) mass is 509 g/mol. The lowest BCUT2D eigenvalue weighted by Gasteiger charge is -2.36. The van der Waals surface area contributed by atoms with Gasteiger partial charge in [0.15, 0.2) is 12.3 Å². The summed E-state index contributed by atoms with van der Waals surface area (Å²) in [5, 5.41) is 63.1. The molecule has 2 aliphatic heterocycles. The van der Waals surface area contributed by atoms with Gasteiger partial charge in [-0.05, 0) is 0 Å². The van der Waals surface area contributed by atoms with Gasteiger partial charge in [0.2, 0.25) is 11.8 Å². The quantitative estimate of drug-likeness (QED) is 0.131. The highest BCUT2D eigenvalue weighted by atomic mass is 16.6. The largest absolute Gasteiger partial charge is 0.480 e. The number of amides is 5. The van der Waals surface area contributed by atoms with Crippen LogP contribution in [0.2, 0.25) is 0 Å². The van der Waals surface area contributed by atoms with Crippen molar-refractivity contribution >= 4 is 29.9 Å². The van der Waals surface area contributed by atoms with Gasteiger partial charge in [-0.3, -0.25) is 19.8 Å². The second kappa shape index (κ2) is 11.5. The average molecular weight is 509 g/mol. The Labute approximate surface area is 196 Å². The number of aliphatic carboxylic acids is 1. The molecule has 18 heteroatoms. The van der Waals surface area contributed by atoms with Gasteiger partial charge in [-0.2, -0.15) is 0 Å². The van der Waals surface area contributed by atoms with Gasteiger partial charge < -0.3 is 56.9 Å². The second-order valence-electron chi connectivity index (χ2n) is 7.84. The van der Waals surface area contributed by atoms with Crippen LogP contribution in [0.15, 0.2) is 0 Å². The zero-order chi connectivity index (χ0) is 26.6. The highest BCUT2D eigenvalue weighted by Gasteiger charge is 2.53. The Hall–Kier alpha value is -3.13. The van der Waals surface area contributed by atoms with Crippen LogP contribution in [0.4, 0.5) is 9.59 Å². The standard InChI is InChI=1S/C17H27N5O13/c18-6(8(25)5(24)3-34-16(19)32)13(29)20-7(15(30)31)11-9(26)10(27)14(35-11)22-1-4(2-23)12(28)21-17(22)33/h4-11,14,23-27H,1-3,18H2,(H2,19,32)(H,20,29)(H,30,31)(H,21,28,33)/t4?,5-,6-,7-,8+,9?,10?,11+,14+/m0/s1. The minimum Gasteiger partial charge on any atom is -0.480 e. The minimum atomic E-state index is -2.07. The molecule has 0 radical (unpaired) electrons. The number of aliphatic hydroxyl groups excluding tert-OH is 5. The Bertz CT molecular complexity index is 843. The van der Waals surface area contributed by atoms with Gasteiger partial charge >= 0.3 is 18.1 Å². The van der Waals surface area contributed by atoms with Gasteiger partial charge in [-0.25, -0.2) is 14.4 Å². The topological polar surface area (TPSA) is 305 Å². The number of nitrogens with zero attached hydrogens (tertiary/aromatic N) is 1. The predicted octanol–water partition coefficient (Wildman–Crippen LogP) is -6.69. The number of imide groups is 1. The van der Waals surface area contributed by atoms with E-state index in [1.807, 2.05) is 10.6 Å². The zero-order valence-electron chi connectivity index (χ0n) is 18.0. The van der Waals surface area contributed by atoms with Crippen molar-refractivity contribution in [2.45, 2.75) is 48.8 Å². The first kappa shape index (κ1) is 28.1. The average Bonchev–Trinajstić information content (AvgIpc) is 3.08. The summed E-state index contributed by atoms with van der Waals surface area (Å²) >= 11 is 0. The number of hydrogen-bond acceptors (Lipinski definition) is 13. The Morgan fingerprint density at radius 3 is 2.40 bits per heavy atom.